The number of carbonyl (C=O) groups is 1. The van der Waals surface area contributed by atoms with Crippen molar-refractivity contribution in [1.82, 2.24) is 0 Å². The minimum Gasteiger partial charge on any atom is -0.479 e. The number of ether oxygens (including phenoxy) is 1. The topological polar surface area (TPSA) is 46.5 Å². The number of unbranched alkanes of at least 4 members (excludes halogenated alkanes) is 1. The highest BCUT2D eigenvalue weighted by Crippen LogP contribution is 2.22. The SMILES string of the molecule is CCCC[C@H](Oc1ccc2ccccc2c1)C(=O)O. The van der Waals surface area contributed by atoms with Crippen LogP contribution in [0.25, 0.3) is 10.8 Å². The molecule has 3 nitrogen and oxygen atoms in total. The molecule has 0 bridgehead atoms. The third-order valence-electron chi connectivity index (χ3n) is 3.09. The fourth-order valence-electron chi connectivity index (χ4n) is 2.03. The van der Waals surface area contributed by atoms with E-state index in [0.717, 1.165) is 23.6 Å². The van der Waals surface area contributed by atoms with Crippen molar-refractivity contribution in [3.8, 4) is 5.75 Å². The lowest BCUT2D eigenvalue weighted by atomic mass is 10.1. The molecule has 2 aromatic carbocycles. The Hall–Kier alpha value is -2.03. The maximum Gasteiger partial charge on any atom is 0.344 e. The van der Waals surface area contributed by atoms with E-state index in [1.54, 1.807) is 0 Å². The zero-order valence-electron chi connectivity index (χ0n) is 11.0. The Balaban J connectivity index is 2.16. The van der Waals surface area contributed by atoms with Gasteiger partial charge in [0.15, 0.2) is 6.10 Å². The van der Waals surface area contributed by atoms with Crippen LogP contribution in [0, 0.1) is 0 Å². The molecule has 0 aliphatic heterocycles. The van der Waals surface area contributed by atoms with E-state index in [0.29, 0.717) is 12.2 Å². The van der Waals surface area contributed by atoms with Crippen LogP contribution in [0.2, 0.25) is 0 Å². The molecule has 0 saturated heterocycles. The zero-order valence-corrected chi connectivity index (χ0v) is 11.0. The molecule has 19 heavy (non-hydrogen) atoms. The summed E-state index contributed by atoms with van der Waals surface area (Å²) in [4.78, 5) is 11.1. The Morgan fingerprint density at radius 1 is 1.21 bits per heavy atom. The molecule has 0 unspecified atom stereocenters. The lowest BCUT2D eigenvalue weighted by molar-refractivity contribution is -0.145. The Morgan fingerprint density at radius 2 is 1.95 bits per heavy atom. The highest BCUT2D eigenvalue weighted by atomic mass is 16.5. The predicted octanol–water partition coefficient (Wildman–Crippen LogP) is 3.86. The average molecular weight is 258 g/mol. The summed E-state index contributed by atoms with van der Waals surface area (Å²) in [5, 5.41) is 11.3. The number of rotatable bonds is 6. The van der Waals surface area contributed by atoms with Gasteiger partial charge in [0, 0.05) is 0 Å². The lowest BCUT2D eigenvalue weighted by Crippen LogP contribution is -2.26. The number of carboxylic acid groups (broad SMARTS) is 1. The number of carboxylic acids is 1. The second kappa shape index (κ2) is 6.23. The maximum atomic E-state index is 11.1. The van der Waals surface area contributed by atoms with E-state index in [4.69, 9.17) is 9.84 Å². The fraction of sp³-hybridized carbons (Fsp3) is 0.312. The smallest absolute Gasteiger partial charge is 0.344 e. The van der Waals surface area contributed by atoms with Crippen LogP contribution < -0.4 is 4.74 Å². The molecule has 0 fully saturated rings. The van der Waals surface area contributed by atoms with Crippen LogP contribution in [0.1, 0.15) is 26.2 Å². The quantitative estimate of drug-likeness (QED) is 0.855. The van der Waals surface area contributed by atoms with Crippen LogP contribution in [0.15, 0.2) is 42.5 Å². The van der Waals surface area contributed by atoms with Gasteiger partial charge in [-0.15, -0.1) is 0 Å². The summed E-state index contributed by atoms with van der Waals surface area (Å²) in [6.45, 7) is 2.04. The lowest BCUT2D eigenvalue weighted by Gasteiger charge is -2.15. The van der Waals surface area contributed by atoms with Crippen molar-refractivity contribution in [2.45, 2.75) is 32.3 Å². The summed E-state index contributed by atoms with van der Waals surface area (Å²) in [5.41, 5.74) is 0. The first kappa shape index (κ1) is 13.4. The molecule has 2 aromatic rings. The van der Waals surface area contributed by atoms with E-state index in [1.165, 1.54) is 0 Å². The summed E-state index contributed by atoms with van der Waals surface area (Å²) in [7, 11) is 0. The molecule has 0 aromatic heterocycles. The van der Waals surface area contributed by atoms with Crippen molar-refractivity contribution in [3.63, 3.8) is 0 Å². The molecule has 0 heterocycles. The molecular weight excluding hydrogens is 240 g/mol. The molecular formula is C16H18O3. The van der Waals surface area contributed by atoms with E-state index in [9.17, 15) is 4.79 Å². The second-order valence-electron chi connectivity index (χ2n) is 4.60. The summed E-state index contributed by atoms with van der Waals surface area (Å²) in [5.74, 6) is -0.288. The number of hydrogen-bond donors (Lipinski definition) is 1. The van der Waals surface area contributed by atoms with Crippen molar-refractivity contribution >= 4 is 16.7 Å². The first-order valence-corrected chi connectivity index (χ1v) is 6.59. The van der Waals surface area contributed by atoms with E-state index in [1.807, 2.05) is 49.4 Å². The fourth-order valence-corrected chi connectivity index (χ4v) is 2.03. The minimum atomic E-state index is -0.901. The van der Waals surface area contributed by atoms with Crippen LogP contribution in [-0.4, -0.2) is 17.2 Å². The minimum absolute atomic E-state index is 0.540. The third kappa shape index (κ3) is 3.47. The zero-order chi connectivity index (χ0) is 13.7. The van der Waals surface area contributed by atoms with Gasteiger partial charge in [-0.3, -0.25) is 0 Å². The number of fused-ring (bicyclic) bond motifs is 1. The van der Waals surface area contributed by atoms with Crippen LogP contribution in [-0.2, 0) is 4.79 Å². The second-order valence-corrected chi connectivity index (χ2v) is 4.60. The molecule has 0 spiro atoms. The molecule has 3 heteroatoms. The molecule has 0 saturated carbocycles. The van der Waals surface area contributed by atoms with Crippen LogP contribution in [0.5, 0.6) is 5.75 Å². The molecule has 0 aliphatic carbocycles. The van der Waals surface area contributed by atoms with Crippen LogP contribution >= 0.6 is 0 Å². The highest BCUT2D eigenvalue weighted by molar-refractivity contribution is 5.83. The standard InChI is InChI=1S/C16H18O3/c1-2-3-8-15(16(17)18)19-14-10-9-12-6-4-5-7-13(12)11-14/h4-7,9-11,15H,2-3,8H2,1H3,(H,17,18)/t15-/m0/s1. The van der Waals surface area contributed by atoms with Crippen molar-refractivity contribution in [1.29, 1.82) is 0 Å². The van der Waals surface area contributed by atoms with Crippen molar-refractivity contribution in [2.24, 2.45) is 0 Å². The normalized spacial score (nSPS) is 12.3. The first-order chi connectivity index (χ1) is 9.20. The molecule has 0 amide bonds. The maximum absolute atomic E-state index is 11.1. The van der Waals surface area contributed by atoms with E-state index in [2.05, 4.69) is 0 Å². The van der Waals surface area contributed by atoms with Crippen molar-refractivity contribution in [3.05, 3.63) is 42.5 Å². The van der Waals surface area contributed by atoms with Gasteiger partial charge < -0.3 is 9.84 Å². The van der Waals surface area contributed by atoms with Gasteiger partial charge in [-0.05, 0) is 35.7 Å². The number of aliphatic carboxylic acids is 1. The van der Waals surface area contributed by atoms with Gasteiger partial charge in [0.25, 0.3) is 0 Å². The van der Waals surface area contributed by atoms with E-state index in [-0.39, 0.29) is 0 Å². The summed E-state index contributed by atoms with van der Waals surface area (Å²) in [6, 6.07) is 13.6. The number of hydrogen-bond acceptors (Lipinski definition) is 2. The van der Waals surface area contributed by atoms with Gasteiger partial charge in [0.05, 0.1) is 0 Å². The largest absolute Gasteiger partial charge is 0.479 e. The summed E-state index contributed by atoms with van der Waals surface area (Å²) >= 11 is 0. The van der Waals surface area contributed by atoms with Crippen LogP contribution in [0.4, 0.5) is 0 Å². The Bertz CT molecular complexity index is 563. The molecule has 2 rings (SSSR count). The Kier molecular flexibility index (Phi) is 4.39. The monoisotopic (exact) mass is 258 g/mol. The van der Waals surface area contributed by atoms with Gasteiger partial charge in [0.1, 0.15) is 5.75 Å². The van der Waals surface area contributed by atoms with Gasteiger partial charge in [-0.25, -0.2) is 4.79 Å². The third-order valence-corrected chi connectivity index (χ3v) is 3.09. The molecule has 100 valence electrons. The van der Waals surface area contributed by atoms with Gasteiger partial charge in [-0.2, -0.15) is 0 Å². The van der Waals surface area contributed by atoms with E-state index < -0.39 is 12.1 Å². The summed E-state index contributed by atoms with van der Waals surface area (Å²) in [6.07, 6.45) is 1.59. The molecule has 0 aliphatic rings. The highest BCUT2D eigenvalue weighted by Gasteiger charge is 2.18. The first-order valence-electron chi connectivity index (χ1n) is 6.59. The predicted molar refractivity (Wildman–Crippen MR) is 75.5 cm³/mol. The van der Waals surface area contributed by atoms with E-state index >= 15 is 0 Å². The molecule has 1 atom stereocenters. The van der Waals surface area contributed by atoms with Gasteiger partial charge in [0.2, 0.25) is 0 Å². The average Bonchev–Trinajstić information content (AvgIpc) is 2.43. The molecule has 0 radical (unpaired) electrons. The van der Waals surface area contributed by atoms with Crippen LogP contribution in [0.3, 0.4) is 0 Å². The number of benzene rings is 2. The van der Waals surface area contributed by atoms with Crippen molar-refractivity contribution in [2.75, 3.05) is 0 Å². The Labute approximate surface area is 112 Å². The molecule has 1 N–H and O–H groups in total. The Morgan fingerprint density at radius 3 is 2.63 bits per heavy atom. The van der Waals surface area contributed by atoms with Gasteiger partial charge >= 0.3 is 5.97 Å². The van der Waals surface area contributed by atoms with Gasteiger partial charge in [-0.1, -0.05) is 43.7 Å². The summed E-state index contributed by atoms with van der Waals surface area (Å²) < 4.78 is 5.59. The van der Waals surface area contributed by atoms with Crippen molar-refractivity contribution < 1.29 is 14.6 Å².